The number of nitrogens with one attached hydrogen (secondary N) is 1. The summed E-state index contributed by atoms with van der Waals surface area (Å²) < 4.78 is 11.6. The number of carbonyl (C=O) groups is 2. The lowest BCUT2D eigenvalue weighted by Crippen LogP contribution is -2.17. The lowest BCUT2D eigenvalue weighted by molar-refractivity contribution is -0.115. The Morgan fingerprint density at radius 2 is 2.07 bits per heavy atom. The molecule has 1 aromatic carbocycles. The van der Waals surface area contributed by atoms with E-state index in [1.807, 2.05) is 26.0 Å². The molecule has 1 aliphatic heterocycles. The van der Waals surface area contributed by atoms with E-state index in [1.165, 1.54) is 0 Å². The molecule has 3 aromatic rings. The maximum Gasteiger partial charge on any atom is 0.290 e. The molecule has 1 fully saturated rings. The van der Waals surface area contributed by atoms with Gasteiger partial charge in [-0.2, -0.15) is 0 Å². The highest BCUT2D eigenvalue weighted by atomic mass is 35.5. The number of benzene rings is 1. The second kappa shape index (κ2) is 7.33. The second-order valence-corrected chi connectivity index (χ2v) is 7.84. The zero-order valence-corrected chi connectivity index (χ0v) is 16.6. The third-order valence-electron chi connectivity index (χ3n) is 3.96. The predicted octanol–water partition coefficient (Wildman–Crippen LogP) is 5.26. The molecule has 1 N–H and O–H groups in total. The van der Waals surface area contributed by atoms with Crippen molar-refractivity contribution in [3.05, 3.63) is 52.3 Å². The van der Waals surface area contributed by atoms with Crippen LogP contribution in [0.4, 0.5) is 4.79 Å². The Morgan fingerprint density at radius 3 is 2.75 bits per heavy atom. The fourth-order valence-electron chi connectivity index (χ4n) is 2.83. The van der Waals surface area contributed by atoms with Crippen LogP contribution in [0.1, 0.15) is 19.6 Å². The van der Waals surface area contributed by atoms with E-state index in [9.17, 15) is 9.59 Å². The molecule has 0 spiro atoms. The average molecular weight is 415 g/mol. The van der Waals surface area contributed by atoms with Gasteiger partial charge in [-0.1, -0.05) is 17.7 Å². The van der Waals surface area contributed by atoms with Crippen LogP contribution >= 0.6 is 23.4 Å². The number of fused-ring (bicyclic) bond motifs is 1. The number of rotatable bonds is 4. The van der Waals surface area contributed by atoms with Crippen molar-refractivity contribution in [2.24, 2.45) is 0 Å². The van der Waals surface area contributed by atoms with Crippen molar-refractivity contribution in [2.75, 3.05) is 0 Å². The zero-order valence-electron chi connectivity index (χ0n) is 15.0. The highest BCUT2D eigenvalue weighted by molar-refractivity contribution is 8.18. The zero-order chi connectivity index (χ0) is 19.8. The Morgan fingerprint density at radius 1 is 1.25 bits per heavy atom. The average Bonchev–Trinajstić information content (AvgIpc) is 3.18. The number of thioether (sulfide) groups is 1. The molecular formula is C20H15ClN2O4S. The van der Waals surface area contributed by atoms with E-state index in [-0.39, 0.29) is 11.0 Å². The van der Waals surface area contributed by atoms with Gasteiger partial charge < -0.3 is 9.15 Å². The summed E-state index contributed by atoms with van der Waals surface area (Å²) >= 11 is 7.20. The van der Waals surface area contributed by atoms with Gasteiger partial charge in [-0.25, -0.2) is 0 Å². The molecule has 8 heteroatoms. The first kappa shape index (κ1) is 18.6. The Bertz CT molecular complexity index is 1140. The molecule has 0 aliphatic carbocycles. The van der Waals surface area contributed by atoms with E-state index in [0.717, 1.165) is 28.3 Å². The van der Waals surface area contributed by atoms with Crippen molar-refractivity contribution in [1.82, 2.24) is 10.3 Å². The van der Waals surface area contributed by atoms with E-state index in [1.54, 1.807) is 30.6 Å². The molecule has 2 amide bonds. The number of imide groups is 1. The highest BCUT2D eigenvalue weighted by Crippen LogP contribution is 2.36. The van der Waals surface area contributed by atoms with E-state index >= 15 is 0 Å². The number of nitrogens with zero attached hydrogens (tertiary/aromatic N) is 1. The molecule has 0 atom stereocenters. The number of hydrogen-bond acceptors (Lipinski definition) is 6. The summed E-state index contributed by atoms with van der Waals surface area (Å²) in [6.45, 7) is 3.87. The minimum Gasteiger partial charge on any atom is -0.489 e. The van der Waals surface area contributed by atoms with E-state index in [4.69, 9.17) is 20.8 Å². The second-order valence-electron chi connectivity index (χ2n) is 6.42. The molecule has 4 rings (SSSR count). The number of carbonyl (C=O) groups excluding carboxylic acids is 2. The summed E-state index contributed by atoms with van der Waals surface area (Å²) in [5.74, 6) is 0.642. The van der Waals surface area contributed by atoms with Crippen molar-refractivity contribution < 1.29 is 18.7 Å². The monoisotopic (exact) mass is 414 g/mol. The molecule has 0 unspecified atom stereocenters. The molecule has 3 heterocycles. The van der Waals surface area contributed by atoms with Crippen molar-refractivity contribution in [3.8, 4) is 16.9 Å². The summed E-state index contributed by atoms with van der Waals surface area (Å²) in [5.41, 5.74) is 2.21. The van der Waals surface area contributed by atoms with Gasteiger partial charge in [-0.3, -0.25) is 19.9 Å². The molecule has 28 heavy (non-hydrogen) atoms. The van der Waals surface area contributed by atoms with Gasteiger partial charge in [0.25, 0.3) is 11.1 Å². The topological polar surface area (TPSA) is 81.4 Å². The molecule has 1 aliphatic rings. The largest absolute Gasteiger partial charge is 0.489 e. The lowest BCUT2D eigenvalue weighted by atomic mass is 10.1. The fraction of sp³-hybridized carbons (Fsp3) is 0.150. The van der Waals surface area contributed by atoms with Crippen molar-refractivity contribution in [3.63, 3.8) is 0 Å². The Hall–Kier alpha value is -2.77. The van der Waals surface area contributed by atoms with Gasteiger partial charge in [-0.05, 0) is 49.4 Å². The van der Waals surface area contributed by atoms with Gasteiger partial charge in [0.1, 0.15) is 17.1 Å². The molecule has 6 nitrogen and oxygen atoms in total. The predicted molar refractivity (Wildman–Crippen MR) is 109 cm³/mol. The van der Waals surface area contributed by atoms with Gasteiger partial charge >= 0.3 is 0 Å². The van der Waals surface area contributed by atoms with E-state index < -0.39 is 11.1 Å². The van der Waals surface area contributed by atoms with Gasteiger partial charge in [0.05, 0.1) is 16.0 Å². The third kappa shape index (κ3) is 3.63. The van der Waals surface area contributed by atoms with Crippen LogP contribution in [0.25, 0.3) is 28.2 Å². The number of amides is 2. The number of furan rings is 1. The summed E-state index contributed by atoms with van der Waals surface area (Å²) in [6.07, 6.45) is 4.93. The minimum absolute atomic E-state index is 0.0201. The normalized spacial score (nSPS) is 15.6. The maximum atomic E-state index is 11.7. The summed E-state index contributed by atoms with van der Waals surface area (Å²) in [4.78, 5) is 27.6. The molecule has 142 valence electrons. The Kier molecular flexibility index (Phi) is 4.87. The van der Waals surface area contributed by atoms with Gasteiger partial charge in [-0.15, -0.1) is 0 Å². The number of aromatic nitrogens is 1. The van der Waals surface area contributed by atoms with E-state index in [0.29, 0.717) is 22.1 Å². The van der Waals surface area contributed by atoms with Gasteiger partial charge in [0, 0.05) is 29.4 Å². The Labute approximate surface area is 169 Å². The number of hydrogen-bond donors (Lipinski definition) is 1. The summed E-state index contributed by atoms with van der Waals surface area (Å²) in [5, 5.41) is 3.09. The number of halogens is 1. The van der Waals surface area contributed by atoms with Crippen LogP contribution < -0.4 is 10.1 Å². The molecule has 1 saturated heterocycles. The van der Waals surface area contributed by atoms with Gasteiger partial charge in [0.15, 0.2) is 0 Å². The summed E-state index contributed by atoms with van der Waals surface area (Å²) in [6, 6.07) is 7.27. The minimum atomic E-state index is -0.429. The Balaban J connectivity index is 1.74. The van der Waals surface area contributed by atoms with E-state index in [2.05, 4.69) is 10.3 Å². The molecule has 0 saturated carbocycles. The first-order valence-corrected chi connectivity index (χ1v) is 9.69. The van der Waals surface area contributed by atoms with Crippen LogP contribution in [0.5, 0.6) is 5.75 Å². The fourth-order valence-corrected chi connectivity index (χ4v) is 3.71. The van der Waals surface area contributed by atoms with Crippen LogP contribution in [0.2, 0.25) is 5.02 Å². The molecule has 0 bridgehead atoms. The third-order valence-corrected chi connectivity index (χ3v) is 5.07. The van der Waals surface area contributed by atoms with Crippen molar-refractivity contribution in [1.29, 1.82) is 0 Å². The first-order valence-electron chi connectivity index (χ1n) is 8.49. The smallest absolute Gasteiger partial charge is 0.290 e. The maximum absolute atomic E-state index is 11.7. The standard InChI is InChI=1S/C20H15ClN2O4S/c1-10(2)26-16-4-3-11(6-15(16)21)14-9-22-8-12-5-13(27-18(12)14)7-17-19(24)23-20(25)28-17/h3-10H,1-2H3,(H,23,24,25). The molecule has 2 aromatic heterocycles. The highest BCUT2D eigenvalue weighted by Gasteiger charge is 2.25. The lowest BCUT2D eigenvalue weighted by Gasteiger charge is -2.12. The molecule has 0 radical (unpaired) electrons. The SMILES string of the molecule is CC(C)Oc1ccc(-c2cncc3cc(C=C4SC(=O)NC4=O)oc23)cc1Cl. The number of ether oxygens (including phenoxy) is 1. The van der Waals surface area contributed by atoms with Crippen LogP contribution in [-0.4, -0.2) is 22.2 Å². The van der Waals surface area contributed by atoms with Crippen molar-refractivity contribution >= 4 is 51.6 Å². The van der Waals surface area contributed by atoms with Crippen molar-refractivity contribution in [2.45, 2.75) is 20.0 Å². The quantitative estimate of drug-likeness (QED) is 0.586. The number of pyridine rings is 1. The first-order chi connectivity index (χ1) is 13.4. The van der Waals surface area contributed by atoms with Crippen LogP contribution in [0.15, 0.2) is 46.0 Å². The van der Waals surface area contributed by atoms with Crippen LogP contribution in [-0.2, 0) is 4.79 Å². The summed E-state index contributed by atoms with van der Waals surface area (Å²) in [7, 11) is 0. The van der Waals surface area contributed by atoms with Gasteiger partial charge in [0.2, 0.25) is 0 Å². The van der Waals surface area contributed by atoms with Crippen LogP contribution in [0.3, 0.4) is 0 Å². The van der Waals surface area contributed by atoms with Crippen LogP contribution in [0, 0.1) is 0 Å². The molecular weight excluding hydrogens is 400 g/mol.